The van der Waals surface area contributed by atoms with E-state index in [1.54, 1.807) is 0 Å². The van der Waals surface area contributed by atoms with Crippen LogP contribution in [-0.2, 0) is 12.8 Å². The van der Waals surface area contributed by atoms with Crippen molar-refractivity contribution in [2.24, 2.45) is 0 Å². The van der Waals surface area contributed by atoms with Crippen LogP contribution in [0, 0.1) is 11.6 Å². The molecule has 0 atom stereocenters. The van der Waals surface area contributed by atoms with Crippen LogP contribution in [0.3, 0.4) is 0 Å². The lowest BCUT2D eigenvalue weighted by Gasteiger charge is -2.27. The van der Waals surface area contributed by atoms with E-state index in [1.165, 1.54) is 39.1 Å². The van der Waals surface area contributed by atoms with Gasteiger partial charge in [-0.25, -0.2) is 0 Å². The molecule has 0 saturated heterocycles. The topological polar surface area (TPSA) is 4.93 Å². The molecule has 1 nitrogen and oxygen atoms in total. The molecule has 4 aromatic rings. The second-order valence-electron chi connectivity index (χ2n) is 7.42. The predicted octanol–water partition coefficient (Wildman–Crippen LogP) is 6.95. The van der Waals surface area contributed by atoms with Gasteiger partial charge in [-0.3, -0.25) is 0 Å². The Kier molecular flexibility index (Phi) is 4.22. The van der Waals surface area contributed by atoms with Gasteiger partial charge in [0.2, 0.25) is 0 Å². The van der Waals surface area contributed by atoms with E-state index in [4.69, 9.17) is 12.2 Å². The molecule has 0 N–H and O–H groups in total. The third kappa shape index (κ3) is 2.81. The minimum absolute atomic E-state index is 0.846. The maximum Gasteiger partial charge on any atom is 0.111 e. The lowest BCUT2D eigenvalue weighted by molar-refractivity contribution is 0.896. The number of hydrogen-bond acceptors (Lipinski definition) is 1. The normalized spacial score (nSPS) is 12.3. The van der Waals surface area contributed by atoms with E-state index < -0.39 is 0 Å². The van der Waals surface area contributed by atoms with Gasteiger partial charge in [-0.2, -0.15) is 0 Å². The Hall–Kier alpha value is -2.97. The fraction of sp³-hybridized carbons (Fsp3) is 0.115. The molecule has 0 bridgehead atoms. The second kappa shape index (κ2) is 6.88. The van der Waals surface area contributed by atoms with Gasteiger partial charge in [0.15, 0.2) is 0 Å². The van der Waals surface area contributed by atoms with Crippen LogP contribution in [0.15, 0.2) is 84.9 Å². The number of aryl methyl sites for hydroxylation is 2. The van der Waals surface area contributed by atoms with Gasteiger partial charge in [-0.15, -0.1) is 0 Å². The quantitative estimate of drug-likeness (QED) is 0.341. The molecule has 1 aromatic heterocycles. The highest BCUT2D eigenvalue weighted by Crippen LogP contribution is 2.40. The molecule has 0 fully saturated rings. The van der Waals surface area contributed by atoms with E-state index in [1.807, 2.05) is 0 Å². The van der Waals surface area contributed by atoms with Crippen LogP contribution in [0.1, 0.15) is 16.7 Å². The number of rotatable bonds is 2. The van der Waals surface area contributed by atoms with Crippen LogP contribution in [0.4, 0.5) is 0 Å². The van der Waals surface area contributed by atoms with Crippen molar-refractivity contribution >= 4 is 12.2 Å². The summed E-state index contributed by atoms with van der Waals surface area (Å²) in [7, 11) is 0. The first-order valence-corrected chi connectivity index (χ1v) is 10.1. The summed E-state index contributed by atoms with van der Waals surface area (Å²) in [6, 6.07) is 30.2. The zero-order valence-corrected chi connectivity index (χ0v) is 16.7. The first-order chi connectivity index (χ1) is 13.7. The number of hydrogen-bond donors (Lipinski definition) is 0. The largest absolute Gasteiger partial charge is 0.300 e. The molecule has 0 unspecified atom stereocenters. The first-order valence-electron chi connectivity index (χ1n) is 9.72. The van der Waals surface area contributed by atoms with E-state index in [-0.39, 0.29) is 0 Å². The lowest BCUT2D eigenvalue weighted by Crippen LogP contribution is -2.13. The fourth-order valence-electron chi connectivity index (χ4n) is 4.24. The molecule has 28 heavy (non-hydrogen) atoms. The average molecular weight is 380 g/mol. The summed E-state index contributed by atoms with van der Waals surface area (Å²) in [6.07, 6.45) is 2.09. The van der Waals surface area contributed by atoms with Gasteiger partial charge < -0.3 is 4.57 Å². The standard InChI is InChI=1S/C26H21NS/c1-18-11-14-21(15-12-18)27-25(28)17-24(19-7-3-2-4-8-19)23-16-13-20-9-5-6-10-22(20)26(23)27/h2-12,14-15,17H,13,16H2,1H3. The molecule has 0 saturated carbocycles. The molecule has 0 aliphatic heterocycles. The van der Waals surface area contributed by atoms with Crippen LogP contribution in [0.5, 0.6) is 0 Å². The van der Waals surface area contributed by atoms with Gasteiger partial charge in [-0.05, 0) is 60.2 Å². The van der Waals surface area contributed by atoms with Crippen molar-refractivity contribution in [3.8, 4) is 28.1 Å². The van der Waals surface area contributed by atoms with Crippen molar-refractivity contribution in [2.45, 2.75) is 19.8 Å². The summed E-state index contributed by atoms with van der Waals surface area (Å²) < 4.78 is 3.10. The molecule has 0 radical (unpaired) electrons. The van der Waals surface area contributed by atoms with E-state index in [2.05, 4.69) is 96.4 Å². The number of fused-ring (bicyclic) bond motifs is 3. The van der Waals surface area contributed by atoms with Gasteiger partial charge in [0.25, 0.3) is 0 Å². The van der Waals surface area contributed by atoms with Gasteiger partial charge >= 0.3 is 0 Å². The molecule has 1 heterocycles. The highest BCUT2D eigenvalue weighted by atomic mass is 32.1. The van der Waals surface area contributed by atoms with Crippen LogP contribution in [0.2, 0.25) is 0 Å². The van der Waals surface area contributed by atoms with Gasteiger partial charge in [0.05, 0.1) is 5.69 Å². The monoisotopic (exact) mass is 379 g/mol. The molecule has 3 aromatic carbocycles. The summed E-state index contributed by atoms with van der Waals surface area (Å²) in [4.78, 5) is 0. The van der Waals surface area contributed by atoms with Gasteiger partial charge in [0.1, 0.15) is 4.64 Å². The summed E-state index contributed by atoms with van der Waals surface area (Å²) >= 11 is 5.93. The minimum Gasteiger partial charge on any atom is -0.300 e. The number of nitrogens with zero attached hydrogens (tertiary/aromatic N) is 1. The molecule has 1 aliphatic carbocycles. The molecule has 1 aliphatic rings. The number of pyridine rings is 1. The van der Waals surface area contributed by atoms with Crippen molar-refractivity contribution in [3.63, 3.8) is 0 Å². The molecule has 0 amide bonds. The molecule has 2 heteroatoms. The van der Waals surface area contributed by atoms with Crippen molar-refractivity contribution in [1.29, 1.82) is 0 Å². The van der Waals surface area contributed by atoms with E-state index in [0.29, 0.717) is 0 Å². The van der Waals surface area contributed by atoms with Gasteiger partial charge in [-0.1, -0.05) is 84.5 Å². The Morgan fingerprint density at radius 2 is 1.46 bits per heavy atom. The summed E-state index contributed by atoms with van der Waals surface area (Å²) in [5.74, 6) is 0. The third-order valence-electron chi connectivity index (χ3n) is 5.62. The van der Waals surface area contributed by atoms with Crippen molar-refractivity contribution in [2.75, 3.05) is 0 Å². The molecule has 5 rings (SSSR count). The SMILES string of the molecule is Cc1ccc(-n2c3c(c(-c4ccccc4)cc2=S)CCc2ccccc2-3)cc1. The van der Waals surface area contributed by atoms with Crippen molar-refractivity contribution in [1.82, 2.24) is 4.57 Å². The Balaban J connectivity index is 1.88. The van der Waals surface area contributed by atoms with E-state index in [9.17, 15) is 0 Å². The lowest BCUT2D eigenvalue weighted by atomic mass is 9.84. The summed E-state index contributed by atoms with van der Waals surface area (Å²) in [6.45, 7) is 2.12. The molecular formula is C26H21NS. The zero-order valence-electron chi connectivity index (χ0n) is 15.9. The Morgan fingerprint density at radius 3 is 2.25 bits per heavy atom. The number of benzene rings is 3. The maximum atomic E-state index is 5.93. The van der Waals surface area contributed by atoms with Crippen molar-refractivity contribution in [3.05, 3.63) is 106 Å². The summed E-state index contributed by atoms with van der Waals surface area (Å²) in [5, 5.41) is 0. The smallest absolute Gasteiger partial charge is 0.111 e. The Bertz CT molecular complexity index is 1220. The predicted molar refractivity (Wildman–Crippen MR) is 120 cm³/mol. The Labute approximate surface area is 170 Å². The average Bonchev–Trinajstić information content (AvgIpc) is 2.74. The van der Waals surface area contributed by atoms with Crippen LogP contribution >= 0.6 is 12.2 Å². The second-order valence-corrected chi connectivity index (χ2v) is 7.84. The molecular weight excluding hydrogens is 358 g/mol. The third-order valence-corrected chi connectivity index (χ3v) is 5.92. The highest BCUT2D eigenvalue weighted by Gasteiger charge is 2.23. The van der Waals surface area contributed by atoms with E-state index >= 15 is 0 Å². The minimum atomic E-state index is 0.846. The van der Waals surface area contributed by atoms with Crippen LogP contribution < -0.4 is 0 Å². The number of aromatic nitrogens is 1. The summed E-state index contributed by atoms with van der Waals surface area (Å²) in [5.41, 5.74) is 10.2. The maximum absolute atomic E-state index is 5.93. The fourth-order valence-corrected chi connectivity index (χ4v) is 4.55. The van der Waals surface area contributed by atoms with E-state index in [0.717, 1.165) is 23.2 Å². The van der Waals surface area contributed by atoms with Crippen LogP contribution in [0.25, 0.3) is 28.1 Å². The van der Waals surface area contributed by atoms with Gasteiger partial charge in [0, 0.05) is 11.3 Å². The Morgan fingerprint density at radius 1 is 0.750 bits per heavy atom. The van der Waals surface area contributed by atoms with Crippen molar-refractivity contribution < 1.29 is 0 Å². The first kappa shape index (κ1) is 17.2. The zero-order chi connectivity index (χ0) is 19.1. The molecule has 0 spiro atoms. The molecule has 136 valence electrons. The van der Waals surface area contributed by atoms with Crippen LogP contribution in [-0.4, -0.2) is 4.57 Å². The highest BCUT2D eigenvalue weighted by molar-refractivity contribution is 7.71.